The minimum absolute atomic E-state index is 0.373. The first-order valence-electron chi connectivity index (χ1n) is 7.70. The van der Waals surface area contributed by atoms with Crippen molar-refractivity contribution in [3.63, 3.8) is 0 Å². The van der Waals surface area contributed by atoms with E-state index >= 15 is 0 Å². The second kappa shape index (κ2) is 7.72. The van der Waals surface area contributed by atoms with Gasteiger partial charge in [-0.3, -0.25) is 5.43 Å². The van der Waals surface area contributed by atoms with Crippen LogP contribution in [0, 0.1) is 13.8 Å². The molecule has 0 atom stereocenters. The number of carbonyl (C=O) groups is 1. The van der Waals surface area contributed by atoms with Gasteiger partial charge in [-0.2, -0.15) is 5.10 Å². The SMILES string of the molecule is Cc1ccc(C(=O)Oc2ccc(/C=N\Nc3nc(C)cs3)cc2)cc1. The third-order valence-electron chi connectivity index (χ3n) is 3.37. The Balaban J connectivity index is 1.58. The molecular weight excluding hydrogens is 334 g/mol. The molecule has 0 unspecified atom stereocenters. The Morgan fingerprint density at radius 2 is 1.84 bits per heavy atom. The Morgan fingerprint density at radius 3 is 2.48 bits per heavy atom. The van der Waals surface area contributed by atoms with E-state index in [1.54, 1.807) is 30.5 Å². The number of hydrazone groups is 1. The lowest BCUT2D eigenvalue weighted by molar-refractivity contribution is 0.0735. The summed E-state index contributed by atoms with van der Waals surface area (Å²) in [6.07, 6.45) is 1.68. The summed E-state index contributed by atoms with van der Waals surface area (Å²) in [4.78, 5) is 16.3. The van der Waals surface area contributed by atoms with Gasteiger partial charge in [-0.25, -0.2) is 9.78 Å². The standard InChI is InChI=1S/C19H17N3O2S/c1-13-3-7-16(8-4-13)18(23)24-17-9-5-15(6-10-17)11-20-22-19-21-14(2)12-25-19/h3-12H,1-2H3,(H,21,22)/b20-11-. The maximum absolute atomic E-state index is 12.1. The molecule has 0 saturated carbocycles. The monoisotopic (exact) mass is 351 g/mol. The third kappa shape index (κ3) is 4.74. The Kier molecular flexibility index (Phi) is 5.20. The number of esters is 1. The van der Waals surface area contributed by atoms with Crippen molar-refractivity contribution < 1.29 is 9.53 Å². The van der Waals surface area contributed by atoms with Gasteiger partial charge in [-0.05, 0) is 55.8 Å². The van der Waals surface area contributed by atoms with Crippen molar-refractivity contribution in [1.82, 2.24) is 4.98 Å². The normalized spacial score (nSPS) is 10.8. The summed E-state index contributed by atoms with van der Waals surface area (Å²) in [5, 5.41) is 6.84. The lowest BCUT2D eigenvalue weighted by atomic mass is 10.1. The van der Waals surface area contributed by atoms with E-state index in [1.165, 1.54) is 11.3 Å². The van der Waals surface area contributed by atoms with Crippen LogP contribution < -0.4 is 10.2 Å². The molecule has 1 N–H and O–H groups in total. The van der Waals surface area contributed by atoms with Crippen LogP contribution in [0.1, 0.15) is 27.2 Å². The number of aromatic nitrogens is 1. The van der Waals surface area contributed by atoms with Gasteiger partial charge in [0.05, 0.1) is 17.5 Å². The molecule has 3 aromatic rings. The van der Waals surface area contributed by atoms with E-state index in [1.807, 2.05) is 43.5 Å². The molecule has 0 radical (unpaired) electrons. The smallest absolute Gasteiger partial charge is 0.343 e. The highest BCUT2D eigenvalue weighted by atomic mass is 32.1. The molecule has 0 fully saturated rings. The van der Waals surface area contributed by atoms with Crippen LogP contribution in [0.3, 0.4) is 0 Å². The average Bonchev–Trinajstić information content (AvgIpc) is 3.02. The Hall–Kier alpha value is -2.99. The summed E-state index contributed by atoms with van der Waals surface area (Å²) in [6.45, 7) is 3.90. The molecule has 0 amide bonds. The second-order valence-electron chi connectivity index (χ2n) is 5.49. The molecule has 0 spiro atoms. The van der Waals surface area contributed by atoms with Gasteiger partial charge in [0.25, 0.3) is 0 Å². The van der Waals surface area contributed by atoms with Crippen molar-refractivity contribution in [3.8, 4) is 5.75 Å². The fourth-order valence-corrected chi connectivity index (χ4v) is 2.68. The van der Waals surface area contributed by atoms with Crippen molar-refractivity contribution in [3.05, 3.63) is 76.3 Å². The molecule has 0 bridgehead atoms. The van der Waals surface area contributed by atoms with E-state index in [4.69, 9.17) is 4.74 Å². The predicted molar refractivity (Wildman–Crippen MR) is 101 cm³/mol. The predicted octanol–water partition coefficient (Wildman–Crippen LogP) is 4.43. The van der Waals surface area contributed by atoms with Crippen LogP contribution >= 0.6 is 11.3 Å². The van der Waals surface area contributed by atoms with Crippen LogP contribution in [-0.4, -0.2) is 17.2 Å². The summed E-state index contributed by atoms with van der Waals surface area (Å²) in [5.41, 5.74) is 6.35. The van der Waals surface area contributed by atoms with E-state index in [0.717, 1.165) is 22.0 Å². The first-order chi connectivity index (χ1) is 12.1. The van der Waals surface area contributed by atoms with Crippen LogP contribution in [0.2, 0.25) is 0 Å². The van der Waals surface area contributed by atoms with E-state index in [9.17, 15) is 4.79 Å². The van der Waals surface area contributed by atoms with Gasteiger partial charge in [0.2, 0.25) is 5.13 Å². The Bertz CT molecular complexity index is 884. The molecule has 0 aliphatic carbocycles. The maximum atomic E-state index is 12.1. The fourth-order valence-electron chi connectivity index (χ4n) is 2.04. The number of benzene rings is 2. The maximum Gasteiger partial charge on any atom is 0.343 e. The van der Waals surface area contributed by atoms with Crippen LogP contribution in [-0.2, 0) is 0 Å². The topological polar surface area (TPSA) is 63.6 Å². The lowest BCUT2D eigenvalue weighted by Gasteiger charge is -2.05. The molecule has 5 nitrogen and oxygen atoms in total. The van der Waals surface area contributed by atoms with Gasteiger partial charge in [0.1, 0.15) is 5.75 Å². The first-order valence-corrected chi connectivity index (χ1v) is 8.58. The molecule has 0 aliphatic rings. The van der Waals surface area contributed by atoms with Gasteiger partial charge in [0, 0.05) is 5.38 Å². The largest absolute Gasteiger partial charge is 0.423 e. The number of hydrogen-bond donors (Lipinski definition) is 1. The van der Waals surface area contributed by atoms with Crippen LogP contribution in [0.5, 0.6) is 5.75 Å². The van der Waals surface area contributed by atoms with Crippen molar-refractivity contribution in [1.29, 1.82) is 0 Å². The minimum atomic E-state index is -0.373. The number of rotatable bonds is 5. The Morgan fingerprint density at radius 1 is 1.12 bits per heavy atom. The average molecular weight is 351 g/mol. The molecule has 25 heavy (non-hydrogen) atoms. The third-order valence-corrected chi connectivity index (χ3v) is 4.24. The van der Waals surface area contributed by atoms with E-state index in [0.29, 0.717) is 11.3 Å². The molecule has 126 valence electrons. The zero-order valence-corrected chi connectivity index (χ0v) is 14.7. The van der Waals surface area contributed by atoms with Gasteiger partial charge in [-0.1, -0.05) is 17.7 Å². The number of ether oxygens (including phenoxy) is 1. The van der Waals surface area contributed by atoms with E-state index in [-0.39, 0.29) is 5.97 Å². The zero-order chi connectivity index (χ0) is 17.6. The molecule has 0 aliphatic heterocycles. The highest BCUT2D eigenvalue weighted by molar-refractivity contribution is 7.13. The minimum Gasteiger partial charge on any atom is -0.423 e. The van der Waals surface area contributed by atoms with E-state index in [2.05, 4.69) is 15.5 Å². The molecule has 0 saturated heterocycles. The molecule has 1 aromatic heterocycles. The number of nitrogens with zero attached hydrogens (tertiary/aromatic N) is 2. The zero-order valence-electron chi connectivity index (χ0n) is 13.9. The summed E-state index contributed by atoms with van der Waals surface area (Å²) < 4.78 is 5.36. The van der Waals surface area contributed by atoms with Crippen molar-refractivity contribution >= 4 is 28.7 Å². The van der Waals surface area contributed by atoms with Crippen LogP contribution in [0.4, 0.5) is 5.13 Å². The summed E-state index contributed by atoms with van der Waals surface area (Å²) in [5.74, 6) is 0.119. The quantitative estimate of drug-likeness (QED) is 0.320. The number of nitrogens with one attached hydrogen (secondary N) is 1. The second-order valence-corrected chi connectivity index (χ2v) is 6.35. The number of anilines is 1. The summed E-state index contributed by atoms with van der Waals surface area (Å²) in [7, 11) is 0. The van der Waals surface area contributed by atoms with Gasteiger partial charge in [0.15, 0.2) is 0 Å². The summed E-state index contributed by atoms with van der Waals surface area (Å²) >= 11 is 1.50. The number of aryl methyl sites for hydroxylation is 2. The first kappa shape index (κ1) is 16.9. The number of carbonyl (C=O) groups excluding carboxylic acids is 1. The highest BCUT2D eigenvalue weighted by Crippen LogP contribution is 2.15. The van der Waals surface area contributed by atoms with Crippen molar-refractivity contribution in [2.75, 3.05) is 5.43 Å². The van der Waals surface area contributed by atoms with Gasteiger partial charge < -0.3 is 4.74 Å². The fraction of sp³-hybridized carbons (Fsp3) is 0.105. The number of hydrogen-bond acceptors (Lipinski definition) is 6. The lowest BCUT2D eigenvalue weighted by Crippen LogP contribution is -2.08. The highest BCUT2D eigenvalue weighted by Gasteiger charge is 2.07. The molecule has 1 heterocycles. The Labute approximate surface area is 150 Å². The van der Waals surface area contributed by atoms with Gasteiger partial charge >= 0.3 is 5.97 Å². The van der Waals surface area contributed by atoms with E-state index < -0.39 is 0 Å². The van der Waals surface area contributed by atoms with Crippen molar-refractivity contribution in [2.24, 2.45) is 5.10 Å². The molecular formula is C19H17N3O2S. The summed E-state index contributed by atoms with van der Waals surface area (Å²) in [6, 6.07) is 14.4. The molecule has 2 aromatic carbocycles. The van der Waals surface area contributed by atoms with Crippen LogP contribution in [0.25, 0.3) is 0 Å². The van der Waals surface area contributed by atoms with Crippen molar-refractivity contribution in [2.45, 2.75) is 13.8 Å². The molecule has 3 rings (SSSR count). The van der Waals surface area contributed by atoms with Gasteiger partial charge in [-0.15, -0.1) is 11.3 Å². The van der Waals surface area contributed by atoms with Crippen LogP contribution in [0.15, 0.2) is 59.0 Å². The molecule has 6 heteroatoms. The number of thiazole rings is 1.